The van der Waals surface area contributed by atoms with Gasteiger partial charge in [0.15, 0.2) is 11.5 Å². The summed E-state index contributed by atoms with van der Waals surface area (Å²) in [5, 5.41) is 2.78. The number of hydrogen-bond donors (Lipinski definition) is 1. The van der Waals surface area contributed by atoms with Crippen LogP contribution in [0.5, 0.6) is 11.5 Å². The zero-order chi connectivity index (χ0) is 21.1. The zero-order valence-electron chi connectivity index (χ0n) is 16.9. The third-order valence-corrected chi connectivity index (χ3v) is 5.90. The number of para-hydroxylation sites is 1. The average Bonchev–Trinajstić information content (AvgIpc) is 2.93. The van der Waals surface area contributed by atoms with Gasteiger partial charge in [-0.15, -0.1) is 11.8 Å². The normalized spacial score (nSPS) is 13.0. The van der Waals surface area contributed by atoms with E-state index in [-0.39, 0.29) is 17.2 Å². The molecule has 3 aromatic rings. The highest BCUT2D eigenvalue weighted by molar-refractivity contribution is 8.00. The van der Waals surface area contributed by atoms with Gasteiger partial charge in [-0.2, -0.15) is 0 Å². The summed E-state index contributed by atoms with van der Waals surface area (Å²) < 4.78 is 14.6. The minimum Gasteiger partial charge on any atom is -0.490 e. The van der Waals surface area contributed by atoms with Crippen LogP contribution in [0.4, 0.5) is 5.69 Å². The highest BCUT2D eigenvalue weighted by atomic mass is 32.2. The van der Waals surface area contributed by atoms with Crippen molar-refractivity contribution in [2.75, 3.05) is 24.3 Å². The lowest BCUT2D eigenvalue weighted by atomic mass is 10.3. The van der Waals surface area contributed by atoms with Gasteiger partial charge in [-0.25, -0.2) is 4.68 Å². The fraction of sp³-hybridized carbons (Fsp3) is 0.273. The first-order valence-electron chi connectivity index (χ1n) is 9.71. The van der Waals surface area contributed by atoms with Crippen molar-refractivity contribution in [2.24, 2.45) is 7.05 Å². The second-order valence-electron chi connectivity index (χ2n) is 6.93. The Morgan fingerprint density at radius 2 is 1.83 bits per heavy atom. The Hall–Kier alpha value is -3.13. The van der Waals surface area contributed by atoms with Crippen LogP contribution in [0.1, 0.15) is 12.1 Å². The van der Waals surface area contributed by atoms with Crippen molar-refractivity contribution in [2.45, 2.75) is 18.2 Å². The summed E-state index contributed by atoms with van der Waals surface area (Å²) in [6.07, 6.45) is 0.844. The van der Waals surface area contributed by atoms with Gasteiger partial charge in [0.25, 0.3) is 5.56 Å². The van der Waals surface area contributed by atoms with E-state index in [9.17, 15) is 9.59 Å². The molecule has 0 unspecified atom stereocenters. The van der Waals surface area contributed by atoms with E-state index in [1.54, 1.807) is 16.4 Å². The van der Waals surface area contributed by atoms with Crippen LogP contribution < -0.4 is 20.3 Å². The maximum atomic E-state index is 12.9. The van der Waals surface area contributed by atoms with E-state index in [0.29, 0.717) is 30.3 Å². The predicted octanol–water partition coefficient (Wildman–Crippen LogP) is 3.38. The number of benzene rings is 2. The first kappa shape index (κ1) is 20.2. The maximum absolute atomic E-state index is 12.9. The van der Waals surface area contributed by atoms with Crippen LogP contribution in [-0.2, 0) is 11.8 Å². The minimum absolute atomic E-state index is 0.179. The van der Waals surface area contributed by atoms with E-state index < -0.39 is 0 Å². The van der Waals surface area contributed by atoms with Gasteiger partial charge in [0.05, 0.1) is 30.3 Å². The topological polar surface area (TPSA) is 74.5 Å². The number of thioether (sulfide) groups is 1. The lowest BCUT2D eigenvalue weighted by molar-refractivity contribution is -0.113. The van der Waals surface area contributed by atoms with E-state index in [4.69, 9.17) is 9.47 Å². The smallest absolute Gasteiger partial charge is 0.295 e. The standard InChI is InChI=1S/C22H23N3O4S/c1-15-21(22(27)25(24(15)2)16-7-4-3-5-8-16)23-20(26)14-30-17-9-10-18-19(13-17)29-12-6-11-28-18/h3-5,7-10,13H,6,11-12,14H2,1-2H3,(H,23,26). The van der Waals surface area contributed by atoms with Crippen molar-refractivity contribution in [3.05, 3.63) is 64.6 Å². The van der Waals surface area contributed by atoms with E-state index in [1.807, 2.05) is 55.5 Å². The molecule has 0 atom stereocenters. The number of rotatable bonds is 5. The summed E-state index contributed by atoms with van der Waals surface area (Å²) in [5.41, 5.74) is 1.48. The predicted molar refractivity (Wildman–Crippen MR) is 117 cm³/mol. The Labute approximate surface area is 178 Å². The van der Waals surface area contributed by atoms with Gasteiger partial charge in [0.1, 0.15) is 5.69 Å². The third-order valence-electron chi connectivity index (χ3n) is 4.91. The van der Waals surface area contributed by atoms with Gasteiger partial charge in [-0.3, -0.25) is 14.3 Å². The Morgan fingerprint density at radius 1 is 1.10 bits per heavy atom. The van der Waals surface area contributed by atoms with Crippen LogP contribution in [0.15, 0.2) is 58.2 Å². The average molecular weight is 426 g/mol. The highest BCUT2D eigenvalue weighted by Gasteiger charge is 2.18. The minimum atomic E-state index is -0.255. The SMILES string of the molecule is Cc1c(NC(=O)CSc2ccc3c(c2)OCCCO3)c(=O)n(-c2ccccc2)n1C. The van der Waals surface area contributed by atoms with Gasteiger partial charge in [-0.05, 0) is 37.3 Å². The second kappa shape index (κ2) is 8.71. The van der Waals surface area contributed by atoms with Crippen molar-refractivity contribution in [1.82, 2.24) is 9.36 Å². The van der Waals surface area contributed by atoms with Crippen molar-refractivity contribution in [3.8, 4) is 17.2 Å². The molecule has 0 aliphatic carbocycles. The quantitative estimate of drug-likeness (QED) is 0.635. The number of nitrogens with zero attached hydrogens (tertiary/aromatic N) is 2. The van der Waals surface area contributed by atoms with Crippen LogP contribution in [0.2, 0.25) is 0 Å². The molecule has 1 aliphatic heterocycles. The molecule has 1 amide bonds. The molecule has 0 saturated heterocycles. The Balaban J connectivity index is 1.46. The fourth-order valence-electron chi connectivity index (χ4n) is 3.27. The number of anilines is 1. The van der Waals surface area contributed by atoms with Gasteiger partial charge in [0, 0.05) is 18.4 Å². The molecular weight excluding hydrogens is 402 g/mol. The molecule has 0 bridgehead atoms. The number of aromatic nitrogens is 2. The van der Waals surface area contributed by atoms with E-state index in [2.05, 4.69) is 5.32 Å². The molecule has 0 radical (unpaired) electrons. The molecule has 30 heavy (non-hydrogen) atoms. The number of hydrogen-bond acceptors (Lipinski definition) is 5. The second-order valence-corrected chi connectivity index (χ2v) is 7.98. The first-order valence-corrected chi connectivity index (χ1v) is 10.7. The van der Waals surface area contributed by atoms with Crippen LogP contribution in [0, 0.1) is 6.92 Å². The molecule has 156 valence electrons. The molecule has 2 heterocycles. The van der Waals surface area contributed by atoms with Crippen LogP contribution in [-0.4, -0.2) is 34.2 Å². The van der Waals surface area contributed by atoms with Gasteiger partial charge >= 0.3 is 0 Å². The van der Waals surface area contributed by atoms with Crippen LogP contribution >= 0.6 is 11.8 Å². The first-order chi connectivity index (χ1) is 14.5. The maximum Gasteiger partial charge on any atom is 0.295 e. The molecule has 7 nitrogen and oxygen atoms in total. The number of amides is 1. The Bertz CT molecular complexity index is 1120. The Kier molecular flexibility index (Phi) is 5.85. The van der Waals surface area contributed by atoms with Gasteiger partial charge in [-0.1, -0.05) is 18.2 Å². The molecule has 0 saturated carbocycles. The molecule has 8 heteroatoms. The molecule has 4 rings (SSSR count). The number of fused-ring (bicyclic) bond motifs is 1. The summed E-state index contributed by atoms with van der Waals surface area (Å²) in [6, 6.07) is 15.0. The van der Waals surface area contributed by atoms with Gasteiger partial charge in [0.2, 0.25) is 5.91 Å². The Morgan fingerprint density at radius 3 is 2.60 bits per heavy atom. The summed E-state index contributed by atoms with van der Waals surface area (Å²) in [4.78, 5) is 26.4. The van der Waals surface area contributed by atoms with Crippen molar-refractivity contribution >= 4 is 23.4 Å². The molecule has 1 aliphatic rings. The van der Waals surface area contributed by atoms with E-state index >= 15 is 0 Å². The summed E-state index contributed by atoms with van der Waals surface area (Å²) in [6.45, 7) is 3.06. The van der Waals surface area contributed by atoms with E-state index in [0.717, 1.165) is 22.8 Å². The molecule has 0 fully saturated rings. The van der Waals surface area contributed by atoms with Crippen LogP contribution in [0.3, 0.4) is 0 Å². The van der Waals surface area contributed by atoms with E-state index in [1.165, 1.54) is 11.8 Å². The van der Waals surface area contributed by atoms with Gasteiger partial charge < -0.3 is 14.8 Å². The number of carbonyl (C=O) groups excluding carboxylic acids is 1. The molecule has 1 aromatic heterocycles. The third kappa shape index (κ3) is 4.09. The van der Waals surface area contributed by atoms with Crippen molar-refractivity contribution in [3.63, 3.8) is 0 Å². The highest BCUT2D eigenvalue weighted by Crippen LogP contribution is 2.33. The number of nitrogens with one attached hydrogen (secondary N) is 1. The zero-order valence-corrected chi connectivity index (χ0v) is 17.7. The summed E-state index contributed by atoms with van der Waals surface area (Å²) in [5.74, 6) is 1.36. The summed E-state index contributed by atoms with van der Waals surface area (Å²) >= 11 is 1.38. The van der Waals surface area contributed by atoms with Crippen molar-refractivity contribution in [1.29, 1.82) is 0 Å². The summed E-state index contributed by atoms with van der Waals surface area (Å²) in [7, 11) is 1.80. The van der Waals surface area contributed by atoms with Crippen molar-refractivity contribution < 1.29 is 14.3 Å². The van der Waals surface area contributed by atoms with Crippen LogP contribution in [0.25, 0.3) is 5.69 Å². The number of ether oxygens (including phenoxy) is 2. The molecule has 2 aromatic carbocycles. The monoisotopic (exact) mass is 425 g/mol. The number of carbonyl (C=O) groups is 1. The lowest BCUT2D eigenvalue weighted by Crippen LogP contribution is -2.23. The lowest BCUT2D eigenvalue weighted by Gasteiger charge is -2.09. The molecule has 1 N–H and O–H groups in total. The largest absolute Gasteiger partial charge is 0.490 e. The molecule has 0 spiro atoms. The fourth-order valence-corrected chi connectivity index (χ4v) is 3.99. The molecular formula is C22H23N3O4S.